The largest absolute Gasteiger partial charge is 0.489 e. The summed E-state index contributed by atoms with van der Waals surface area (Å²) in [5.74, 6) is 0.769. The molecule has 2 heterocycles. The van der Waals surface area contributed by atoms with E-state index >= 15 is 0 Å². The molecule has 2 aliphatic rings. The molecule has 31 heavy (non-hydrogen) atoms. The molecule has 1 fully saturated rings. The Labute approximate surface area is 187 Å². The number of likely N-dealkylation sites (tertiary alicyclic amines) is 1. The molecule has 2 aromatic rings. The number of rotatable bonds is 2. The molecule has 0 aromatic heterocycles. The molecule has 7 heteroatoms. The van der Waals surface area contributed by atoms with Crippen LogP contribution >= 0.6 is 11.6 Å². The first kappa shape index (κ1) is 21.8. The number of carbonyl (C=O) groups excluding carboxylic acids is 1. The molecule has 5 nitrogen and oxygen atoms in total. The van der Waals surface area contributed by atoms with Crippen molar-refractivity contribution in [1.82, 2.24) is 4.90 Å². The highest BCUT2D eigenvalue weighted by Crippen LogP contribution is 2.43. The van der Waals surface area contributed by atoms with Gasteiger partial charge in [0.05, 0.1) is 11.7 Å². The number of nitrogens with zero attached hydrogens (tertiary/aromatic N) is 1. The summed E-state index contributed by atoms with van der Waals surface area (Å²) in [6.45, 7) is 7.26. The van der Waals surface area contributed by atoms with Gasteiger partial charge in [-0.1, -0.05) is 29.8 Å². The quantitative estimate of drug-likeness (QED) is 0.602. The number of carbonyl (C=O) groups is 1. The Kier molecular flexibility index (Phi) is 6.02. The third-order valence-electron chi connectivity index (χ3n) is 5.69. The van der Waals surface area contributed by atoms with E-state index in [4.69, 9.17) is 21.1 Å². The van der Waals surface area contributed by atoms with Gasteiger partial charge >= 0.3 is 6.09 Å². The number of nitrogens with one attached hydrogen (secondary N) is 1. The molecule has 0 saturated carbocycles. The second-order valence-electron chi connectivity index (χ2n) is 9.14. The number of benzene rings is 2. The molecule has 1 amide bonds. The SMILES string of the molecule is CC(C)(C)OC(=O)N1CCC(c2cccc3c2OCC(c2ccc(Cl)cc2F)N3)CC1. The Morgan fingerprint density at radius 2 is 1.94 bits per heavy atom. The van der Waals surface area contributed by atoms with Gasteiger partial charge in [-0.25, -0.2) is 9.18 Å². The third-order valence-corrected chi connectivity index (χ3v) is 5.93. The predicted octanol–water partition coefficient (Wildman–Crippen LogP) is 6.14. The molecule has 0 spiro atoms. The Bertz CT molecular complexity index is 968. The van der Waals surface area contributed by atoms with Crippen LogP contribution in [0, 0.1) is 5.82 Å². The van der Waals surface area contributed by atoms with Crippen molar-refractivity contribution in [1.29, 1.82) is 0 Å². The van der Waals surface area contributed by atoms with E-state index in [2.05, 4.69) is 11.4 Å². The van der Waals surface area contributed by atoms with Crippen molar-refractivity contribution in [2.75, 3.05) is 25.0 Å². The molecule has 4 rings (SSSR count). The smallest absolute Gasteiger partial charge is 0.410 e. The Morgan fingerprint density at radius 1 is 1.19 bits per heavy atom. The maximum atomic E-state index is 14.4. The minimum absolute atomic E-state index is 0.258. The van der Waals surface area contributed by atoms with E-state index in [9.17, 15) is 9.18 Å². The van der Waals surface area contributed by atoms with Crippen LogP contribution < -0.4 is 10.1 Å². The average molecular weight is 447 g/mol. The molecule has 166 valence electrons. The van der Waals surface area contributed by atoms with Crippen molar-refractivity contribution in [3.05, 3.63) is 58.4 Å². The first-order valence-corrected chi connectivity index (χ1v) is 11.0. The van der Waals surface area contributed by atoms with E-state index in [-0.39, 0.29) is 18.0 Å². The third kappa shape index (κ3) is 4.90. The van der Waals surface area contributed by atoms with Gasteiger partial charge in [0.2, 0.25) is 0 Å². The number of hydrogen-bond donors (Lipinski definition) is 1. The zero-order chi connectivity index (χ0) is 22.2. The lowest BCUT2D eigenvalue weighted by Gasteiger charge is -2.35. The fourth-order valence-corrected chi connectivity index (χ4v) is 4.36. The second kappa shape index (κ2) is 8.58. The number of amides is 1. The van der Waals surface area contributed by atoms with Crippen LogP contribution in [0.15, 0.2) is 36.4 Å². The Morgan fingerprint density at radius 3 is 2.61 bits per heavy atom. The van der Waals surface area contributed by atoms with E-state index in [0.717, 1.165) is 29.8 Å². The van der Waals surface area contributed by atoms with Gasteiger partial charge in [-0.3, -0.25) is 0 Å². The number of piperidine rings is 1. The summed E-state index contributed by atoms with van der Waals surface area (Å²) >= 11 is 5.88. The van der Waals surface area contributed by atoms with Crippen molar-refractivity contribution >= 4 is 23.4 Å². The van der Waals surface area contributed by atoms with E-state index < -0.39 is 5.60 Å². The highest BCUT2D eigenvalue weighted by molar-refractivity contribution is 6.30. The zero-order valence-electron chi connectivity index (χ0n) is 18.1. The molecule has 1 saturated heterocycles. The molecule has 2 aromatic carbocycles. The lowest BCUT2D eigenvalue weighted by atomic mass is 9.88. The first-order chi connectivity index (χ1) is 14.7. The van der Waals surface area contributed by atoms with Crippen LogP contribution in [-0.2, 0) is 4.74 Å². The van der Waals surface area contributed by atoms with Crippen molar-refractivity contribution < 1.29 is 18.7 Å². The van der Waals surface area contributed by atoms with Crippen LogP contribution in [0.1, 0.15) is 56.7 Å². The minimum atomic E-state index is -0.494. The zero-order valence-corrected chi connectivity index (χ0v) is 18.8. The summed E-state index contributed by atoms with van der Waals surface area (Å²) < 4.78 is 26.0. The van der Waals surface area contributed by atoms with Crippen molar-refractivity contribution in [3.8, 4) is 5.75 Å². The molecule has 0 aliphatic carbocycles. The first-order valence-electron chi connectivity index (χ1n) is 10.7. The lowest BCUT2D eigenvalue weighted by molar-refractivity contribution is 0.0204. The summed E-state index contributed by atoms with van der Waals surface area (Å²) in [6.07, 6.45) is 1.43. The normalized spacial score (nSPS) is 19.3. The summed E-state index contributed by atoms with van der Waals surface area (Å²) in [5, 5.41) is 3.79. The van der Waals surface area contributed by atoms with Gasteiger partial charge in [0.15, 0.2) is 0 Å². The number of ether oxygens (including phenoxy) is 2. The number of fused-ring (bicyclic) bond motifs is 1. The van der Waals surface area contributed by atoms with Crippen LogP contribution in [0.3, 0.4) is 0 Å². The summed E-state index contributed by atoms with van der Waals surface area (Å²) in [6, 6.07) is 10.4. The monoisotopic (exact) mass is 446 g/mol. The molecule has 1 atom stereocenters. The maximum absolute atomic E-state index is 14.4. The predicted molar refractivity (Wildman–Crippen MR) is 119 cm³/mol. The summed E-state index contributed by atoms with van der Waals surface area (Å²) in [7, 11) is 0. The van der Waals surface area contributed by atoms with Gasteiger partial charge < -0.3 is 19.7 Å². The Balaban J connectivity index is 1.45. The van der Waals surface area contributed by atoms with E-state index in [1.54, 1.807) is 17.0 Å². The minimum Gasteiger partial charge on any atom is -0.489 e. The molecular formula is C24H28ClFN2O3. The van der Waals surface area contributed by atoms with Crippen LogP contribution in [0.4, 0.5) is 14.9 Å². The highest BCUT2D eigenvalue weighted by Gasteiger charge is 2.31. The molecule has 1 unspecified atom stereocenters. The van der Waals surface area contributed by atoms with Crippen molar-refractivity contribution in [3.63, 3.8) is 0 Å². The number of halogens is 2. The van der Waals surface area contributed by atoms with Gasteiger partial charge in [0, 0.05) is 23.7 Å². The van der Waals surface area contributed by atoms with E-state index in [0.29, 0.717) is 36.2 Å². The average Bonchev–Trinajstić information content (AvgIpc) is 2.72. The van der Waals surface area contributed by atoms with Gasteiger partial charge in [-0.15, -0.1) is 0 Å². The molecule has 1 N–H and O–H groups in total. The van der Waals surface area contributed by atoms with Crippen molar-refractivity contribution in [2.24, 2.45) is 0 Å². The standard InChI is InChI=1S/C24H28ClFN2O3/c1-24(2,3)31-23(29)28-11-9-15(10-12-28)17-5-4-6-20-22(17)30-14-21(27-20)18-8-7-16(25)13-19(18)26/h4-8,13,15,21,27H,9-12,14H2,1-3H3. The number of anilines is 1. The van der Waals surface area contributed by atoms with Crippen LogP contribution in [0.2, 0.25) is 5.02 Å². The van der Waals surface area contributed by atoms with Crippen LogP contribution in [-0.4, -0.2) is 36.3 Å². The molecule has 0 bridgehead atoms. The number of para-hydroxylation sites is 1. The fourth-order valence-electron chi connectivity index (χ4n) is 4.20. The Hall–Kier alpha value is -2.47. The highest BCUT2D eigenvalue weighted by atomic mass is 35.5. The van der Waals surface area contributed by atoms with Crippen LogP contribution in [0.5, 0.6) is 5.75 Å². The summed E-state index contributed by atoms with van der Waals surface area (Å²) in [4.78, 5) is 14.1. The van der Waals surface area contributed by atoms with Crippen molar-refractivity contribution in [2.45, 2.75) is 51.2 Å². The summed E-state index contributed by atoms with van der Waals surface area (Å²) in [5.41, 5.74) is 2.03. The van der Waals surface area contributed by atoms with Gasteiger partial charge in [-0.05, 0) is 63.3 Å². The second-order valence-corrected chi connectivity index (χ2v) is 9.58. The molecule has 0 radical (unpaired) electrons. The molecular weight excluding hydrogens is 419 g/mol. The van der Waals surface area contributed by atoms with Gasteiger partial charge in [0.1, 0.15) is 23.8 Å². The lowest BCUT2D eigenvalue weighted by Crippen LogP contribution is -2.41. The maximum Gasteiger partial charge on any atom is 0.410 e. The van der Waals surface area contributed by atoms with Gasteiger partial charge in [0.25, 0.3) is 0 Å². The number of hydrogen-bond acceptors (Lipinski definition) is 4. The van der Waals surface area contributed by atoms with E-state index in [1.807, 2.05) is 32.9 Å². The topological polar surface area (TPSA) is 50.8 Å². The van der Waals surface area contributed by atoms with E-state index in [1.165, 1.54) is 6.07 Å². The molecule has 2 aliphatic heterocycles. The fraction of sp³-hybridized carbons (Fsp3) is 0.458. The van der Waals surface area contributed by atoms with Crippen LogP contribution in [0.25, 0.3) is 0 Å². The van der Waals surface area contributed by atoms with Gasteiger partial charge in [-0.2, -0.15) is 0 Å².